The highest BCUT2D eigenvalue weighted by atomic mass is 32.1. The van der Waals surface area contributed by atoms with E-state index >= 15 is 0 Å². The molecule has 0 spiro atoms. The minimum atomic E-state index is -0.579. The van der Waals surface area contributed by atoms with Crippen LogP contribution >= 0.6 is 11.3 Å². The number of thiophene rings is 1. The number of hydrogen-bond donors (Lipinski definition) is 1. The standard InChI is InChI=1S/C12H16N2O2S/c1-12(11(13)16)4-2-5-14(8-12)10(15)9-3-6-17-7-9/h3,6-7H,2,4-5,8H2,1H3,(H2,13,16). The first-order valence-corrected chi connectivity index (χ1v) is 6.58. The largest absolute Gasteiger partial charge is 0.369 e. The van der Waals surface area contributed by atoms with Gasteiger partial charge in [-0.05, 0) is 31.2 Å². The van der Waals surface area contributed by atoms with E-state index in [1.165, 1.54) is 11.3 Å². The van der Waals surface area contributed by atoms with E-state index in [2.05, 4.69) is 0 Å². The zero-order valence-electron chi connectivity index (χ0n) is 9.81. The monoisotopic (exact) mass is 252 g/mol. The first-order chi connectivity index (χ1) is 8.03. The van der Waals surface area contributed by atoms with Gasteiger partial charge in [0.05, 0.1) is 11.0 Å². The third-order valence-electron chi connectivity index (χ3n) is 3.35. The van der Waals surface area contributed by atoms with Crippen LogP contribution in [0.3, 0.4) is 0 Å². The van der Waals surface area contributed by atoms with Crippen molar-refractivity contribution in [3.8, 4) is 0 Å². The molecule has 1 atom stereocenters. The molecule has 2 heterocycles. The highest BCUT2D eigenvalue weighted by molar-refractivity contribution is 7.08. The Balaban J connectivity index is 2.13. The molecule has 1 aromatic rings. The van der Waals surface area contributed by atoms with Crippen molar-refractivity contribution in [3.63, 3.8) is 0 Å². The molecule has 2 N–H and O–H groups in total. The van der Waals surface area contributed by atoms with Crippen LogP contribution in [0.15, 0.2) is 16.8 Å². The van der Waals surface area contributed by atoms with Gasteiger partial charge in [-0.15, -0.1) is 0 Å². The first-order valence-electron chi connectivity index (χ1n) is 5.64. The fraction of sp³-hybridized carbons (Fsp3) is 0.500. The maximum absolute atomic E-state index is 12.2. The number of carbonyl (C=O) groups excluding carboxylic acids is 2. The van der Waals surface area contributed by atoms with E-state index in [0.29, 0.717) is 18.7 Å². The van der Waals surface area contributed by atoms with Gasteiger partial charge in [0.1, 0.15) is 0 Å². The molecule has 0 aliphatic carbocycles. The van der Waals surface area contributed by atoms with Crippen molar-refractivity contribution in [1.82, 2.24) is 4.90 Å². The third-order valence-corrected chi connectivity index (χ3v) is 4.03. The molecule has 5 heteroatoms. The molecule has 0 radical (unpaired) electrons. The van der Waals surface area contributed by atoms with E-state index in [1.807, 2.05) is 23.8 Å². The summed E-state index contributed by atoms with van der Waals surface area (Å²) in [6.07, 6.45) is 1.59. The molecule has 2 amide bonds. The van der Waals surface area contributed by atoms with Crippen LogP contribution in [0.4, 0.5) is 0 Å². The highest BCUT2D eigenvalue weighted by Gasteiger charge is 2.37. The van der Waals surface area contributed by atoms with Gasteiger partial charge < -0.3 is 10.6 Å². The zero-order valence-corrected chi connectivity index (χ0v) is 10.6. The predicted molar refractivity (Wildman–Crippen MR) is 66.8 cm³/mol. The number of likely N-dealkylation sites (tertiary alicyclic amines) is 1. The maximum atomic E-state index is 12.2. The average Bonchev–Trinajstić information content (AvgIpc) is 2.81. The van der Waals surface area contributed by atoms with Gasteiger partial charge in [0.15, 0.2) is 0 Å². The van der Waals surface area contributed by atoms with Gasteiger partial charge >= 0.3 is 0 Å². The second-order valence-electron chi connectivity index (χ2n) is 4.77. The fourth-order valence-corrected chi connectivity index (χ4v) is 2.81. The summed E-state index contributed by atoms with van der Waals surface area (Å²) in [5.41, 5.74) is 5.53. The topological polar surface area (TPSA) is 63.4 Å². The van der Waals surface area contributed by atoms with E-state index in [1.54, 1.807) is 4.90 Å². The summed E-state index contributed by atoms with van der Waals surface area (Å²) in [5, 5.41) is 3.71. The number of primary amides is 1. The number of nitrogens with two attached hydrogens (primary N) is 1. The lowest BCUT2D eigenvalue weighted by molar-refractivity contribution is -0.129. The number of nitrogens with zero attached hydrogens (tertiary/aromatic N) is 1. The van der Waals surface area contributed by atoms with Crippen LogP contribution in [0, 0.1) is 5.41 Å². The summed E-state index contributed by atoms with van der Waals surface area (Å²) in [7, 11) is 0. The molecule has 92 valence electrons. The molecule has 0 aromatic carbocycles. The highest BCUT2D eigenvalue weighted by Crippen LogP contribution is 2.29. The van der Waals surface area contributed by atoms with E-state index < -0.39 is 5.41 Å². The van der Waals surface area contributed by atoms with Crippen molar-refractivity contribution >= 4 is 23.2 Å². The summed E-state index contributed by atoms with van der Waals surface area (Å²) in [6, 6.07) is 1.81. The van der Waals surface area contributed by atoms with E-state index in [9.17, 15) is 9.59 Å². The van der Waals surface area contributed by atoms with Gasteiger partial charge in [0, 0.05) is 18.5 Å². The molecule has 0 saturated carbocycles. The van der Waals surface area contributed by atoms with Gasteiger partial charge in [-0.1, -0.05) is 0 Å². The smallest absolute Gasteiger partial charge is 0.254 e. The summed E-state index contributed by atoms with van der Waals surface area (Å²) in [6.45, 7) is 2.97. The summed E-state index contributed by atoms with van der Waals surface area (Å²) in [4.78, 5) is 25.3. The first kappa shape index (κ1) is 12.1. The molecular formula is C12H16N2O2S. The van der Waals surface area contributed by atoms with Crippen LogP contribution in [0.1, 0.15) is 30.1 Å². The van der Waals surface area contributed by atoms with Crippen molar-refractivity contribution in [2.24, 2.45) is 11.1 Å². The van der Waals surface area contributed by atoms with Crippen LogP contribution < -0.4 is 5.73 Å². The van der Waals surface area contributed by atoms with Crippen LogP contribution in [0.5, 0.6) is 0 Å². The Labute approximate surface area is 104 Å². The lowest BCUT2D eigenvalue weighted by Crippen LogP contribution is -2.50. The van der Waals surface area contributed by atoms with Crippen molar-refractivity contribution in [1.29, 1.82) is 0 Å². The normalized spacial score (nSPS) is 24.6. The molecule has 1 saturated heterocycles. The molecule has 2 rings (SSSR count). The zero-order chi connectivity index (χ0) is 12.5. The van der Waals surface area contributed by atoms with Crippen LogP contribution in [-0.4, -0.2) is 29.8 Å². The predicted octanol–water partition coefficient (Wildman–Crippen LogP) is 1.48. The maximum Gasteiger partial charge on any atom is 0.254 e. The minimum absolute atomic E-state index is 0.00146. The summed E-state index contributed by atoms with van der Waals surface area (Å²) < 4.78 is 0. The molecule has 17 heavy (non-hydrogen) atoms. The Bertz CT molecular complexity index is 430. The summed E-state index contributed by atoms with van der Waals surface area (Å²) in [5.74, 6) is -0.321. The lowest BCUT2D eigenvalue weighted by atomic mass is 9.81. The fourth-order valence-electron chi connectivity index (χ4n) is 2.18. The molecule has 1 aromatic heterocycles. The van der Waals surface area contributed by atoms with E-state index in [-0.39, 0.29) is 11.8 Å². The lowest BCUT2D eigenvalue weighted by Gasteiger charge is -2.38. The number of carbonyl (C=O) groups is 2. The van der Waals surface area contributed by atoms with Gasteiger partial charge in [-0.25, -0.2) is 0 Å². The third kappa shape index (κ3) is 2.34. The Hall–Kier alpha value is -1.36. The molecule has 1 aliphatic heterocycles. The van der Waals surface area contributed by atoms with E-state index in [4.69, 9.17) is 5.73 Å². The van der Waals surface area contributed by atoms with Crippen molar-refractivity contribution in [2.45, 2.75) is 19.8 Å². The van der Waals surface area contributed by atoms with Crippen LogP contribution in [0.25, 0.3) is 0 Å². The second-order valence-corrected chi connectivity index (χ2v) is 5.55. The van der Waals surface area contributed by atoms with Gasteiger partial charge in [-0.3, -0.25) is 9.59 Å². The van der Waals surface area contributed by atoms with Crippen molar-refractivity contribution in [2.75, 3.05) is 13.1 Å². The number of hydrogen-bond acceptors (Lipinski definition) is 3. The minimum Gasteiger partial charge on any atom is -0.369 e. The average molecular weight is 252 g/mol. The van der Waals surface area contributed by atoms with Gasteiger partial charge in [0.2, 0.25) is 5.91 Å². The number of rotatable bonds is 2. The number of amides is 2. The molecular weight excluding hydrogens is 236 g/mol. The van der Waals surface area contributed by atoms with Gasteiger partial charge in [0.25, 0.3) is 5.91 Å². The van der Waals surface area contributed by atoms with Gasteiger partial charge in [-0.2, -0.15) is 11.3 Å². The quantitative estimate of drug-likeness (QED) is 0.866. The Morgan fingerprint density at radius 1 is 1.53 bits per heavy atom. The SMILES string of the molecule is CC1(C(N)=O)CCCN(C(=O)c2ccsc2)C1. The Kier molecular flexibility index (Phi) is 3.19. The van der Waals surface area contributed by atoms with E-state index in [0.717, 1.165) is 12.8 Å². The molecule has 4 nitrogen and oxygen atoms in total. The molecule has 0 bridgehead atoms. The van der Waals surface area contributed by atoms with Crippen LogP contribution in [-0.2, 0) is 4.79 Å². The van der Waals surface area contributed by atoms with Crippen LogP contribution in [0.2, 0.25) is 0 Å². The molecule has 1 unspecified atom stereocenters. The Morgan fingerprint density at radius 2 is 2.29 bits per heavy atom. The van der Waals surface area contributed by atoms with Crippen molar-refractivity contribution < 1.29 is 9.59 Å². The Morgan fingerprint density at radius 3 is 2.88 bits per heavy atom. The summed E-state index contributed by atoms with van der Waals surface area (Å²) >= 11 is 1.50. The van der Waals surface area contributed by atoms with Crippen molar-refractivity contribution in [3.05, 3.63) is 22.4 Å². The number of piperidine rings is 1. The second kappa shape index (κ2) is 4.49. The molecule has 1 fully saturated rings. The molecule has 1 aliphatic rings.